The van der Waals surface area contributed by atoms with E-state index in [9.17, 15) is 9.70 Å². The lowest BCUT2D eigenvalue weighted by molar-refractivity contribution is 0.0975. The second kappa shape index (κ2) is 12.5. The minimum atomic E-state index is -0.619. The standard InChI is InChI=1S/C23H27ClN6O2/c1-15(2)14-27-23(29-22(31)18-6-4-5-16(11-18)13-25)28-21(26-3)12-20(30-32)17-7-9-19(24)10-8-17/h4-11,15,20-21,26H,12,14H2,1-3H3,(H2,27,28,29,31). The van der Waals surface area contributed by atoms with E-state index in [0.717, 1.165) is 5.56 Å². The summed E-state index contributed by atoms with van der Waals surface area (Å²) in [4.78, 5) is 28.7. The van der Waals surface area contributed by atoms with Crippen LogP contribution in [0.3, 0.4) is 0 Å². The molecule has 0 heterocycles. The van der Waals surface area contributed by atoms with Crippen LogP contribution in [0.1, 0.15) is 47.8 Å². The summed E-state index contributed by atoms with van der Waals surface area (Å²) in [6.07, 6.45) is -0.0766. The van der Waals surface area contributed by atoms with E-state index in [1.165, 1.54) is 6.07 Å². The molecule has 0 aromatic heterocycles. The molecule has 0 saturated carbocycles. The lowest BCUT2D eigenvalue weighted by Crippen LogP contribution is -2.51. The molecule has 3 N–H and O–H groups in total. The van der Waals surface area contributed by atoms with Crippen molar-refractivity contribution in [3.05, 3.63) is 75.2 Å². The number of aliphatic imine (C=N–C) groups is 1. The number of nitrogens with one attached hydrogen (secondary N) is 3. The van der Waals surface area contributed by atoms with Crippen LogP contribution in [0.2, 0.25) is 5.02 Å². The van der Waals surface area contributed by atoms with Crippen molar-refractivity contribution < 1.29 is 4.79 Å². The molecule has 2 aromatic rings. The second-order valence-electron chi connectivity index (χ2n) is 7.62. The van der Waals surface area contributed by atoms with Gasteiger partial charge in [-0.15, -0.1) is 0 Å². The number of carbonyl (C=O) groups excluding carboxylic acids is 1. The number of guanidine groups is 1. The molecule has 1 amide bonds. The van der Waals surface area contributed by atoms with Gasteiger partial charge in [0.05, 0.1) is 17.8 Å². The van der Waals surface area contributed by atoms with Crippen molar-refractivity contribution in [2.75, 3.05) is 13.6 Å². The van der Waals surface area contributed by atoms with E-state index in [1.54, 1.807) is 49.5 Å². The average Bonchev–Trinajstić information content (AvgIpc) is 2.80. The van der Waals surface area contributed by atoms with Crippen LogP contribution in [0, 0.1) is 22.2 Å². The quantitative estimate of drug-likeness (QED) is 0.229. The molecule has 2 atom stereocenters. The largest absolute Gasteiger partial charge is 0.341 e. The van der Waals surface area contributed by atoms with Crippen molar-refractivity contribution >= 4 is 23.5 Å². The Bertz CT molecular complexity index is 985. The van der Waals surface area contributed by atoms with Crippen LogP contribution in [0.4, 0.5) is 0 Å². The predicted molar refractivity (Wildman–Crippen MR) is 126 cm³/mol. The van der Waals surface area contributed by atoms with Crippen molar-refractivity contribution in [2.45, 2.75) is 32.5 Å². The highest BCUT2D eigenvalue weighted by Gasteiger charge is 2.20. The average molecular weight is 455 g/mol. The molecule has 0 bridgehead atoms. The number of nitrogens with zero attached hydrogens (tertiary/aromatic N) is 3. The number of nitriles is 1. The summed E-state index contributed by atoms with van der Waals surface area (Å²) in [5, 5.41) is 21.9. The molecule has 2 rings (SSSR count). The van der Waals surface area contributed by atoms with E-state index >= 15 is 0 Å². The smallest absolute Gasteiger partial charge is 0.257 e. The molecular weight excluding hydrogens is 428 g/mol. The molecule has 0 aliphatic heterocycles. The molecule has 0 aliphatic rings. The molecule has 0 spiro atoms. The molecule has 8 nitrogen and oxygen atoms in total. The molecule has 0 aliphatic carbocycles. The van der Waals surface area contributed by atoms with Crippen LogP contribution < -0.4 is 16.0 Å². The summed E-state index contributed by atoms with van der Waals surface area (Å²) in [7, 11) is 1.74. The lowest BCUT2D eigenvalue weighted by atomic mass is 10.0. The molecule has 0 saturated heterocycles. The maximum atomic E-state index is 12.7. The Morgan fingerprint density at radius 1 is 1.19 bits per heavy atom. The number of nitroso groups, excluding NO2 is 1. The van der Waals surface area contributed by atoms with E-state index in [4.69, 9.17) is 16.9 Å². The Morgan fingerprint density at radius 2 is 1.91 bits per heavy atom. The van der Waals surface area contributed by atoms with E-state index in [2.05, 4.69) is 26.1 Å². The number of halogens is 1. The van der Waals surface area contributed by atoms with Crippen molar-refractivity contribution in [1.29, 1.82) is 5.26 Å². The first kappa shape index (κ1) is 25.0. The van der Waals surface area contributed by atoms with Crippen molar-refractivity contribution in [3.8, 4) is 6.07 Å². The lowest BCUT2D eigenvalue weighted by Gasteiger charge is -2.23. The maximum absolute atomic E-state index is 12.7. The first-order valence-electron chi connectivity index (χ1n) is 10.2. The molecule has 2 unspecified atom stereocenters. The molecule has 0 fully saturated rings. The number of amides is 1. The van der Waals surface area contributed by atoms with Gasteiger partial charge in [0.2, 0.25) is 0 Å². The van der Waals surface area contributed by atoms with Crippen LogP contribution in [0.15, 0.2) is 58.7 Å². The highest BCUT2D eigenvalue weighted by Crippen LogP contribution is 2.23. The number of hydrogen-bond acceptors (Lipinski definition) is 6. The van der Waals surface area contributed by atoms with Gasteiger partial charge in [-0.1, -0.05) is 48.8 Å². The van der Waals surface area contributed by atoms with Gasteiger partial charge in [0.15, 0.2) is 5.96 Å². The third-order valence-electron chi connectivity index (χ3n) is 4.60. The van der Waals surface area contributed by atoms with Gasteiger partial charge < -0.3 is 10.6 Å². The fourth-order valence-corrected chi connectivity index (χ4v) is 2.99. The van der Waals surface area contributed by atoms with Crippen LogP contribution >= 0.6 is 11.6 Å². The summed E-state index contributed by atoms with van der Waals surface area (Å²) in [5.74, 6) is 0.151. The van der Waals surface area contributed by atoms with Gasteiger partial charge in [-0.2, -0.15) is 10.2 Å². The topological polar surface area (TPSA) is 119 Å². The predicted octanol–water partition coefficient (Wildman–Crippen LogP) is 3.99. The molecular formula is C23H27ClN6O2. The van der Waals surface area contributed by atoms with Gasteiger partial charge in [0.1, 0.15) is 6.04 Å². The Morgan fingerprint density at radius 3 is 2.50 bits per heavy atom. The molecule has 2 aromatic carbocycles. The second-order valence-corrected chi connectivity index (χ2v) is 8.06. The first-order chi connectivity index (χ1) is 15.4. The minimum absolute atomic E-state index is 0.270. The monoisotopic (exact) mass is 454 g/mol. The summed E-state index contributed by atoms with van der Waals surface area (Å²) in [6.45, 7) is 4.52. The zero-order valence-electron chi connectivity index (χ0n) is 18.3. The van der Waals surface area contributed by atoms with Gasteiger partial charge in [0.25, 0.3) is 5.91 Å². The summed E-state index contributed by atoms with van der Waals surface area (Å²) in [5.41, 5.74) is 1.48. The summed E-state index contributed by atoms with van der Waals surface area (Å²) >= 11 is 5.93. The summed E-state index contributed by atoms with van der Waals surface area (Å²) in [6, 6.07) is 14.8. The highest BCUT2D eigenvalue weighted by atomic mass is 35.5. The minimum Gasteiger partial charge on any atom is -0.341 e. The number of carbonyl (C=O) groups is 1. The third kappa shape index (κ3) is 7.76. The van der Waals surface area contributed by atoms with Gasteiger partial charge in [-0.25, -0.2) is 0 Å². The zero-order chi connectivity index (χ0) is 23.5. The highest BCUT2D eigenvalue weighted by molar-refractivity contribution is 6.30. The fourth-order valence-electron chi connectivity index (χ4n) is 2.87. The normalized spacial score (nSPS) is 13.2. The molecule has 168 valence electrons. The van der Waals surface area contributed by atoms with Crippen LogP contribution in [0.5, 0.6) is 0 Å². The van der Waals surface area contributed by atoms with Crippen molar-refractivity contribution in [3.63, 3.8) is 0 Å². The van der Waals surface area contributed by atoms with Crippen molar-refractivity contribution in [1.82, 2.24) is 16.0 Å². The van der Waals surface area contributed by atoms with Gasteiger partial charge in [-0.3, -0.25) is 15.1 Å². The van der Waals surface area contributed by atoms with Crippen molar-refractivity contribution in [2.24, 2.45) is 16.1 Å². The SMILES string of the molecule is CNC(CC(N=O)c1ccc(Cl)cc1)NC(=NCC(C)C)NC(=O)c1cccc(C#N)c1. The molecule has 32 heavy (non-hydrogen) atoms. The zero-order valence-corrected chi connectivity index (χ0v) is 19.1. The van der Waals surface area contributed by atoms with Crippen LogP contribution in [-0.4, -0.2) is 31.6 Å². The molecule has 9 heteroatoms. The van der Waals surface area contributed by atoms with E-state index in [0.29, 0.717) is 29.1 Å². The Balaban J connectivity index is 2.16. The Hall–Kier alpha value is -3.28. The number of benzene rings is 2. The third-order valence-corrected chi connectivity index (χ3v) is 4.85. The number of hydrogen-bond donors (Lipinski definition) is 3. The van der Waals surface area contributed by atoms with E-state index in [1.807, 2.05) is 19.9 Å². The first-order valence-corrected chi connectivity index (χ1v) is 10.6. The number of rotatable bonds is 9. The van der Waals surface area contributed by atoms with E-state index in [-0.39, 0.29) is 11.9 Å². The van der Waals surface area contributed by atoms with Gasteiger partial charge in [-0.05, 0) is 48.9 Å². The van der Waals surface area contributed by atoms with Crippen LogP contribution in [-0.2, 0) is 0 Å². The maximum Gasteiger partial charge on any atom is 0.257 e. The van der Waals surface area contributed by atoms with Gasteiger partial charge >= 0.3 is 0 Å². The van der Waals surface area contributed by atoms with Crippen LogP contribution in [0.25, 0.3) is 0 Å². The molecule has 0 radical (unpaired) electrons. The fraction of sp³-hybridized carbons (Fsp3) is 0.348. The van der Waals surface area contributed by atoms with E-state index < -0.39 is 18.1 Å². The Kier molecular flexibility index (Phi) is 9.79. The van der Waals surface area contributed by atoms with Gasteiger partial charge in [0, 0.05) is 23.6 Å². The summed E-state index contributed by atoms with van der Waals surface area (Å²) < 4.78 is 0. The Labute approximate surface area is 193 Å².